The van der Waals surface area contributed by atoms with Crippen molar-refractivity contribution in [3.05, 3.63) is 5.69 Å². The van der Waals surface area contributed by atoms with Gasteiger partial charge in [-0.1, -0.05) is 11.3 Å². The van der Waals surface area contributed by atoms with E-state index in [4.69, 9.17) is 0 Å². The molecule has 0 atom stereocenters. The van der Waals surface area contributed by atoms with Crippen LogP contribution in [0.15, 0.2) is 0 Å². The number of likely N-dealkylation sites (tertiary alicyclic amines) is 1. The minimum absolute atomic E-state index is 0.990. The number of hydrogen-bond acceptors (Lipinski definition) is 5. The Morgan fingerprint density at radius 3 is 2.84 bits per heavy atom. The largest absolute Gasteiger partial charge is 0.361 e. The standard InChI is InChI=1S/C13H21N5S/c1-10-11-12(17(2)16-10)15-13(19-11)14-6-5-9-18-7-3-4-8-18/h3-9H2,1-2H3,(H,14,15). The van der Waals surface area contributed by atoms with Crippen molar-refractivity contribution in [2.45, 2.75) is 26.2 Å². The molecule has 1 saturated heterocycles. The number of rotatable bonds is 5. The highest BCUT2D eigenvalue weighted by molar-refractivity contribution is 7.22. The third-order valence-corrected chi connectivity index (χ3v) is 4.78. The second kappa shape index (κ2) is 5.46. The molecule has 0 spiro atoms. The number of fused-ring (bicyclic) bond motifs is 1. The molecule has 0 saturated carbocycles. The lowest BCUT2D eigenvalue weighted by Crippen LogP contribution is -2.22. The summed E-state index contributed by atoms with van der Waals surface area (Å²) in [6.45, 7) is 6.82. The first-order chi connectivity index (χ1) is 9.24. The maximum atomic E-state index is 4.60. The normalized spacial score (nSPS) is 16.5. The highest BCUT2D eigenvalue weighted by Crippen LogP contribution is 2.27. The number of aryl methyl sites for hydroxylation is 2. The van der Waals surface area contributed by atoms with Crippen LogP contribution in [0.1, 0.15) is 25.0 Å². The summed E-state index contributed by atoms with van der Waals surface area (Å²) in [5.41, 5.74) is 2.06. The van der Waals surface area contributed by atoms with Gasteiger partial charge in [0.15, 0.2) is 10.8 Å². The third kappa shape index (κ3) is 2.74. The van der Waals surface area contributed by atoms with E-state index in [9.17, 15) is 0 Å². The molecule has 3 rings (SSSR count). The second-order valence-corrected chi connectivity index (χ2v) is 6.21. The predicted molar refractivity (Wildman–Crippen MR) is 79.9 cm³/mol. The van der Waals surface area contributed by atoms with Crippen molar-refractivity contribution in [3.63, 3.8) is 0 Å². The van der Waals surface area contributed by atoms with Crippen LogP contribution in [0.2, 0.25) is 0 Å². The summed E-state index contributed by atoms with van der Waals surface area (Å²) in [5, 5.41) is 8.83. The van der Waals surface area contributed by atoms with E-state index in [0.29, 0.717) is 0 Å². The SMILES string of the molecule is Cc1nn(C)c2nc(NCCCN3CCCC3)sc12. The Bertz CT molecular complexity index is 518. The minimum Gasteiger partial charge on any atom is -0.361 e. The van der Waals surface area contributed by atoms with Crippen LogP contribution in [0.5, 0.6) is 0 Å². The van der Waals surface area contributed by atoms with E-state index in [2.05, 4.69) is 20.3 Å². The lowest BCUT2D eigenvalue weighted by molar-refractivity contribution is 0.337. The van der Waals surface area contributed by atoms with Gasteiger partial charge < -0.3 is 10.2 Å². The lowest BCUT2D eigenvalue weighted by Gasteiger charge is -2.13. The molecule has 0 amide bonds. The van der Waals surface area contributed by atoms with Gasteiger partial charge in [-0.25, -0.2) is 9.67 Å². The van der Waals surface area contributed by atoms with Crippen LogP contribution in [0.3, 0.4) is 0 Å². The molecule has 19 heavy (non-hydrogen) atoms. The van der Waals surface area contributed by atoms with Crippen molar-refractivity contribution in [1.82, 2.24) is 19.7 Å². The Morgan fingerprint density at radius 2 is 2.11 bits per heavy atom. The van der Waals surface area contributed by atoms with E-state index in [-0.39, 0.29) is 0 Å². The molecule has 5 nitrogen and oxygen atoms in total. The van der Waals surface area contributed by atoms with Gasteiger partial charge in [-0.3, -0.25) is 0 Å². The summed E-state index contributed by atoms with van der Waals surface area (Å²) >= 11 is 1.71. The fourth-order valence-electron chi connectivity index (χ4n) is 2.66. The summed E-state index contributed by atoms with van der Waals surface area (Å²) in [7, 11) is 1.95. The first-order valence-corrected chi connectivity index (χ1v) is 7.82. The second-order valence-electron chi connectivity index (χ2n) is 5.21. The zero-order valence-electron chi connectivity index (χ0n) is 11.6. The fourth-order valence-corrected chi connectivity index (χ4v) is 3.62. The van der Waals surface area contributed by atoms with Gasteiger partial charge in [0.1, 0.15) is 0 Å². The van der Waals surface area contributed by atoms with Gasteiger partial charge in [-0.15, -0.1) is 0 Å². The molecule has 1 fully saturated rings. The predicted octanol–water partition coefficient (Wildman–Crippen LogP) is 2.24. The zero-order valence-corrected chi connectivity index (χ0v) is 12.5. The number of anilines is 1. The Kier molecular flexibility index (Phi) is 3.70. The molecule has 1 N–H and O–H groups in total. The summed E-state index contributed by atoms with van der Waals surface area (Å²) in [6.07, 6.45) is 3.93. The van der Waals surface area contributed by atoms with Gasteiger partial charge in [0.05, 0.1) is 10.4 Å². The highest BCUT2D eigenvalue weighted by Gasteiger charge is 2.12. The summed E-state index contributed by atoms with van der Waals surface area (Å²) < 4.78 is 3.06. The summed E-state index contributed by atoms with van der Waals surface area (Å²) in [6, 6.07) is 0. The summed E-state index contributed by atoms with van der Waals surface area (Å²) in [5.74, 6) is 0. The lowest BCUT2D eigenvalue weighted by atomic mass is 10.4. The Balaban J connectivity index is 1.52. The Hall–Kier alpha value is -1.14. The van der Waals surface area contributed by atoms with Gasteiger partial charge in [-0.05, 0) is 45.8 Å². The van der Waals surface area contributed by atoms with E-state index in [1.54, 1.807) is 11.3 Å². The molecule has 0 radical (unpaired) electrons. The van der Waals surface area contributed by atoms with Crippen LogP contribution in [0.25, 0.3) is 10.3 Å². The van der Waals surface area contributed by atoms with Crippen molar-refractivity contribution < 1.29 is 0 Å². The van der Waals surface area contributed by atoms with Crippen LogP contribution in [0, 0.1) is 6.92 Å². The number of nitrogens with one attached hydrogen (secondary N) is 1. The van der Waals surface area contributed by atoms with Crippen LogP contribution < -0.4 is 5.32 Å². The molecule has 0 bridgehead atoms. The van der Waals surface area contributed by atoms with Crippen LogP contribution in [0.4, 0.5) is 5.13 Å². The molecule has 6 heteroatoms. The number of hydrogen-bond donors (Lipinski definition) is 1. The molecule has 1 aliphatic rings. The quantitative estimate of drug-likeness (QED) is 0.853. The first kappa shape index (κ1) is 12.9. The molecule has 0 aliphatic carbocycles. The maximum absolute atomic E-state index is 4.60. The molecule has 104 valence electrons. The number of aromatic nitrogens is 3. The first-order valence-electron chi connectivity index (χ1n) is 7.00. The molecular formula is C13H21N5S. The van der Waals surface area contributed by atoms with Crippen LogP contribution >= 0.6 is 11.3 Å². The third-order valence-electron chi connectivity index (χ3n) is 3.67. The maximum Gasteiger partial charge on any atom is 0.185 e. The number of nitrogens with zero attached hydrogens (tertiary/aromatic N) is 4. The molecule has 2 aromatic rings. The topological polar surface area (TPSA) is 46.0 Å². The van der Waals surface area contributed by atoms with E-state index in [1.807, 2.05) is 18.7 Å². The van der Waals surface area contributed by atoms with E-state index >= 15 is 0 Å². The summed E-state index contributed by atoms with van der Waals surface area (Å²) in [4.78, 5) is 7.15. The fraction of sp³-hybridized carbons (Fsp3) is 0.692. The van der Waals surface area contributed by atoms with Crippen molar-refractivity contribution in [3.8, 4) is 0 Å². The van der Waals surface area contributed by atoms with E-state index < -0.39 is 0 Å². The van der Waals surface area contributed by atoms with E-state index in [1.165, 1.54) is 43.6 Å². The Labute approximate surface area is 117 Å². The monoisotopic (exact) mass is 279 g/mol. The molecule has 0 unspecified atom stereocenters. The van der Waals surface area contributed by atoms with E-state index in [0.717, 1.165) is 23.0 Å². The van der Waals surface area contributed by atoms with Gasteiger partial charge in [-0.2, -0.15) is 5.10 Å². The molecule has 2 aromatic heterocycles. The Morgan fingerprint density at radius 1 is 1.32 bits per heavy atom. The average Bonchev–Trinajstić information content (AvgIpc) is 3.07. The molecule has 3 heterocycles. The van der Waals surface area contributed by atoms with Crippen molar-refractivity contribution in [1.29, 1.82) is 0 Å². The molecular weight excluding hydrogens is 258 g/mol. The van der Waals surface area contributed by atoms with Crippen molar-refractivity contribution in [2.75, 3.05) is 31.5 Å². The molecule has 0 aromatic carbocycles. The highest BCUT2D eigenvalue weighted by atomic mass is 32.1. The molecule has 1 aliphatic heterocycles. The van der Waals surface area contributed by atoms with Gasteiger partial charge in [0.2, 0.25) is 0 Å². The van der Waals surface area contributed by atoms with Gasteiger partial charge in [0.25, 0.3) is 0 Å². The smallest absolute Gasteiger partial charge is 0.185 e. The van der Waals surface area contributed by atoms with Crippen molar-refractivity contribution >= 4 is 26.8 Å². The minimum atomic E-state index is 0.990. The zero-order chi connectivity index (χ0) is 13.2. The van der Waals surface area contributed by atoms with Crippen molar-refractivity contribution in [2.24, 2.45) is 7.05 Å². The van der Waals surface area contributed by atoms with Gasteiger partial charge >= 0.3 is 0 Å². The van der Waals surface area contributed by atoms with Crippen LogP contribution in [-0.2, 0) is 7.05 Å². The average molecular weight is 279 g/mol. The van der Waals surface area contributed by atoms with Gasteiger partial charge in [0, 0.05) is 13.6 Å². The van der Waals surface area contributed by atoms with Crippen LogP contribution in [-0.4, -0.2) is 45.8 Å². The number of thiazole rings is 1.